The normalized spacial score (nSPS) is 11.1. The molecule has 0 aliphatic rings. The first-order chi connectivity index (χ1) is 11.1. The van der Waals surface area contributed by atoms with E-state index in [1.807, 2.05) is 6.33 Å². The Morgan fingerprint density at radius 1 is 1.30 bits per heavy atom. The van der Waals surface area contributed by atoms with Crippen LogP contribution in [0, 0.1) is 0 Å². The van der Waals surface area contributed by atoms with Gasteiger partial charge in [-0.1, -0.05) is 6.07 Å². The number of hydrogen-bond donors (Lipinski definition) is 1. The number of carbonyl (C=O) groups excluding carboxylic acids is 1. The maximum atomic E-state index is 12.0. The highest BCUT2D eigenvalue weighted by atomic mass is 16.1. The van der Waals surface area contributed by atoms with Crippen molar-refractivity contribution in [2.75, 3.05) is 6.54 Å². The number of amides is 1. The molecule has 2 aromatic heterocycles. The lowest BCUT2D eigenvalue weighted by Crippen LogP contribution is -2.25. The van der Waals surface area contributed by atoms with Crippen molar-refractivity contribution in [2.45, 2.75) is 26.3 Å². The summed E-state index contributed by atoms with van der Waals surface area (Å²) in [5.41, 5.74) is 3.88. The van der Waals surface area contributed by atoms with E-state index in [-0.39, 0.29) is 5.91 Å². The second kappa shape index (κ2) is 6.60. The third-order valence-electron chi connectivity index (χ3n) is 3.82. The topological polar surface area (TPSA) is 59.8 Å². The first kappa shape index (κ1) is 15.2. The van der Waals surface area contributed by atoms with Crippen LogP contribution >= 0.6 is 0 Å². The van der Waals surface area contributed by atoms with E-state index in [2.05, 4.69) is 51.9 Å². The largest absolute Gasteiger partial charge is 0.352 e. The van der Waals surface area contributed by atoms with Crippen LogP contribution in [0.1, 0.15) is 35.8 Å². The van der Waals surface area contributed by atoms with Crippen LogP contribution in [0.15, 0.2) is 49.1 Å². The molecule has 3 rings (SSSR count). The highest BCUT2D eigenvalue weighted by molar-refractivity contribution is 5.93. The molecule has 0 spiro atoms. The van der Waals surface area contributed by atoms with Crippen molar-refractivity contribution in [3.63, 3.8) is 0 Å². The van der Waals surface area contributed by atoms with E-state index in [1.165, 1.54) is 0 Å². The van der Waals surface area contributed by atoms with Crippen molar-refractivity contribution >= 4 is 16.9 Å². The van der Waals surface area contributed by atoms with E-state index in [0.29, 0.717) is 18.2 Å². The number of carbonyl (C=O) groups is 1. The molecule has 0 radical (unpaired) electrons. The summed E-state index contributed by atoms with van der Waals surface area (Å²) < 4.78 is 2.16. The Morgan fingerprint density at radius 3 is 2.91 bits per heavy atom. The molecule has 0 saturated heterocycles. The number of benzene rings is 1. The fraction of sp³-hybridized carbons (Fsp3) is 0.278. The van der Waals surface area contributed by atoms with Crippen molar-refractivity contribution in [2.24, 2.45) is 0 Å². The van der Waals surface area contributed by atoms with E-state index >= 15 is 0 Å². The number of nitrogens with one attached hydrogen (secondary N) is 1. The van der Waals surface area contributed by atoms with Crippen LogP contribution in [0.25, 0.3) is 11.0 Å². The first-order valence-electron chi connectivity index (χ1n) is 7.79. The van der Waals surface area contributed by atoms with Crippen LogP contribution in [-0.2, 0) is 6.42 Å². The molecule has 118 valence electrons. The monoisotopic (exact) mass is 308 g/mol. The molecule has 0 fully saturated rings. The average molecular weight is 308 g/mol. The third-order valence-corrected chi connectivity index (χ3v) is 3.82. The van der Waals surface area contributed by atoms with Gasteiger partial charge in [-0.25, -0.2) is 4.98 Å². The predicted octanol–water partition coefficient (Wildman–Crippen LogP) is 2.98. The molecule has 1 amide bonds. The molecule has 2 heterocycles. The molecule has 0 aliphatic heterocycles. The van der Waals surface area contributed by atoms with Crippen LogP contribution in [-0.4, -0.2) is 27.0 Å². The van der Waals surface area contributed by atoms with Gasteiger partial charge in [0.15, 0.2) is 0 Å². The predicted molar refractivity (Wildman–Crippen MR) is 90.4 cm³/mol. The molecule has 5 heteroatoms. The molecule has 3 aromatic rings. The van der Waals surface area contributed by atoms with E-state index < -0.39 is 0 Å². The highest BCUT2D eigenvalue weighted by Crippen LogP contribution is 2.18. The van der Waals surface area contributed by atoms with Crippen LogP contribution in [0.2, 0.25) is 0 Å². The number of fused-ring (bicyclic) bond motifs is 1. The van der Waals surface area contributed by atoms with Gasteiger partial charge in [-0.05, 0) is 50.1 Å². The third kappa shape index (κ3) is 3.39. The Hall–Kier alpha value is -2.69. The van der Waals surface area contributed by atoms with Gasteiger partial charge in [0.25, 0.3) is 5.91 Å². The Labute approximate surface area is 135 Å². The van der Waals surface area contributed by atoms with Crippen molar-refractivity contribution in [3.8, 4) is 0 Å². The van der Waals surface area contributed by atoms with Crippen molar-refractivity contribution in [1.29, 1.82) is 0 Å². The van der Waals surface area contributed by atoms with Crippen molar-refractivity contribution < 1.29 is 4.79 Å². The molecular formula is C18H20N4O. The van der Waals surface area contributed by atoms with Gasteiger partial charge in [-0.3, -0.25) is 9.78 Å². The molecule has 5 nitrogen and oxygen atoms in total. The molecule has 1 aromatic carbocycles. The van der Waals surface area contributed by atoms with Gasteiger partial charge >= 0.3 is 0 Å². The summed E-state index contributed by atoms with van der Waals surface area (Å²) in [5, 5.41) is 2.91. The lowest BCUT2D eigenvalue weighted by molar-refractivity contribution is 0.0954. The quantitative estimate of drug-likeness (QED) is 0.788. The van der Waals surface area contributed by atoms with Gasteiger partial charge in [0.2, 0.25) is 0 Å². The average Bonchev–Trinajstić information content (AvgIpc) is 2.99. The summed E-state index contributed by atoms with van der Waals surface area (Å²) in [4.78, 5) is 20.4. The minimum Gasteiger partial charge on any atom is -0.352 e. The summed E-state index contributed by atoms with van der Waals surface area (Å²) in [6.45, 7) is 4.87. The zero-order valence-corrected chi connectivity index (χ0v) is 13.4. The van der Waals surface area contributed by atoms with Crippen LogP contribution in [0.4, 0.5) is 0 Å². The minimum atomic E-state index is -0.0942. The first-order valence-corrected chi connectivity index (χ1v) is 7.79. The number of hydrogen-bond acceptors (Lipinski definition) is 3. The SMILES string of the molecule is CC(C)n1cnc2cc(CCNC(=O)c3cccnc3)ccc21. The Balaban J connectivity index is 1.62. The van der Waals surface area contributed by atoms with E-state index in [9.17, 15) is 4.79 Å². The van der Waals surface area contributed by atoms with Crippen LogP contribution in [0.5, 0.6) is 0 Å². The molecular weight excluding hydrogens is 288 g/mol. The Morgan fingerprint density at radius 2 is 2.17 bits per heavy atom. The number of aromatic nitrogens is 3. The molecule has 0 saturated carbocycles. The minimum absolute atomic E-state index is 0.0942. The van der Waals surface area contributed by atoms with Gasteiger partial charge in [0, 0.05) is 25.0 Å². The van der Waals surface area contributed by atoms with Crippen LogP contribution in [0.3, 0.4) is 0 Å². The van der Waals surface area contributed by atoms with E-state index in [4.69, 9.17) is 0 Å². The summed E-state index contributed by atoms with van der Waals surface area (Å²) in [6.07, 6.45) is 5.88. The summed E-state index contributed by atoms with van der Waals surface area (Å²) in [5.74, 6) is -0.0942. The molecule has 1 N–H and O–H groups in total. The van der Waals surface area contributed by atoms with Gasteiger partial charge in [-0.15, -0.1) is 0 Å². The summed E-state index contributed by atoms with van der Waals surface area (Å²) in [7, 11) is 0. The van der Waals surface area contributed by atoms with E-state index in [0.717, 1.165) is 23.0 Å². The molecule has 23 heavy (non-hydrogen) atoms. The Bertz CT molecular complexity index is 808. The number of imidazole rings is 1. The standard InChI is InChI=1S/C18H20N4O/c1-13(2)22-12-21-16-10-14(5-6-17(16)22)7-9-20-18(23)15-4-3-8-19-11-15/h3-6,8,10-13H,7,9H2,1-2H3,(H,20,23). The lowest BCUT2D eigenvalue weighted by atomic mass is 10.1. The maximum Gasteiger partial charge on any atom is 0.252 e. The highest BCUT2D eigenvalue weighted by Gasteiger charge is 2.07. The van der Waals surface area contributed by atoms with Crippen molar-refractivity contribution in [1.82, 2.24) is 19.9 Å². The molecule has 0 unspecified atom stereocenters. The number of pyridine rings is 1. The fourth-order valence-corrected chi connectivity index (χ4v) is 2.56. The molecule has 0 aliphatic carbocycles. The van der Waals surface area contributed by atoms with Gasteiger partial charge in [0.1, 0.15) is 0 Å². The zero-order chi connectivity index (χ0) is 16.2. The number of nitrogens with zero attached hydrogens (tertiary/aromatic N) is 3. The second-order valence-electron chi connectivity index (χ2n) is 5.82. The maximum absolute atomic E-state index is 12.0. The van der Waals surface area contributed by atoms with Gasteiger partial charge in [0.05, 0.1) is 22.9 Å². The fourth-order valence-electron chi connectivity index (χ4n) is 2.56. The van der Waals surface area contributed by atoms with Crippen molar-refractivity contribution in [3.05, 3.63) is 60.2 Å². The summed E-state index contributed by atoms with van der Waals surface area (Å²) in [6, 6.07) is 10.2. The Kier molecular flexibility index (Phi) is 4.37. The zero-order valence-electron chi connectivity index (χ0n) is 13.4. The van der Waals surface area contributed by atoms with Gasteiger partial charge < -0.3 is 9.88 Å². The molecule has 0 atom stereocenters. The number of rotatable bonds is 5. The van der Waals surface area contributed by atoms with Crippen LogP contribution < -0.4 is 5.32 Å². The summed E-state index contributed by atoms with van der Waals surface area (Å²) >= 11 is 0. The molecule has 0 bridgehead atoms. The van der Waals surface area contributed by atoms with Gasteiger partial charge in [-0.2, -0.15) is 0 Å². The van der Waals surface area contributed by atoms with E-state index in [1.54, 1.807) is 24.5 Å². The lowest BCUT2D eigenvalue weighted by Gasteiger charge is -2.08. The smallest absolute Gasteiger partial charge is 0.252 e. The second-order valence-corrected chi connectivity index (χ2v) is 5.82.